The normalized spacial score (nSPS) is 15.1. The zero-order valence-electron chi connectivity index (χ0n) is 7.69. The van der Waals surface area contributed by atoms with Gasteiger partial charge in [-0.3, -0.25) is 14.7 Å². The molecule has 0 aliphatic heterocycles. The summed E-state index contributed by atoms with van der Waals surface area (Å²) in [6.07, 6.45) is 2.63. The fraction of sp³-hybridized carbons (Fsp3) is 0.222. The second-order valence-corrected chi connectivity index (χ2v) is 4.07. The van der Waals surface area contributed by atoms with E-state index in [-0.39, 0.29) is 23.9 Å². The molecule has 5 nitrogen and oxygen atoms in total. The number of nitrogens with zero attached hydrogens (tertiary/aromatic N) is 1. The van der Waals surface area contributed by atoms with Gasteiger partial charge in [0.05, 0.1) is 23.3 Å². The van der Waals surface area contributed by atoms with Crippen molar-refractivity contribution in [1.29, 1.82) is 0 Å². The van der Waals surface area contributed by atoms with Gasteiger partial charge < -0.3 is 5.11 Å². The van der Waals surface area contributed by atoms with Gasteiger partial charge in [-0.1, -0.05) is 0 Å². The number of ketones is 2. The number of rotatable bonds is 3. The van der Waals surface area contributed by atoms with E-state index in [1.54, 1.807) is 0 Å². The lowest BCUT2D eigenvalue weighted by atomic mass is 10.0. The summed E-state index contributed by atoms with van der Waals surface area (Å²) in [7, 11) is 0. The van der Waals surface area contributed by atoms with Gasteiger partial charge in [0, 0.05) is 11.8 Å². The first kappa shape index (κ1) is 10.1. The van der Waals surface area contributed by atoms with Crippen molar-refractivity contribution in [3.63, 3.8) is 0 Å². The van der Waals surface area contributed by atoms with Crippen molar-refractivity contribution in [2.75, 3.05) is 12.4 Å². The summed E-state index contributed by atoms with van der Waals surface area (Å²) in [4.78, 5) is 23.6. The Balaban J connectivity index is 2.30. The number of thioether (sulfide) groups is 1. The van der Waals surface area contributed by atoms with Gasteiger partial charge in [-0.25, -0.2) is 0 Å². The maximum atomic E-state index is 11.7. The molecular formula is C9H8N2O3S. The first-order chi connectivity index (χ1) is 7.24. The molecule has 0 bridgehead atoms. The lowest BCUT2D eigenvalue weighted by Crippen LogP contribution is -2.14. The molecule has 1 aromatic heterocycles. The van der Waals surface area contributed by atoms with Crippen molar-refractivity contribution in [3.05, 3.63) is 28.4 Å². The van der Waals surface area contributed by atoms with Crippen LogP contribution in [0.4, 0.5) is 0 Å². The van der Waals surface area contributed by atoms with Crippen molar-refractivity contribution in [2.24, 2.45) is 0 Å². The van der Waals surface area contributed by atoms with E-state index in [2.05, 4.69) is 10.2 Å². The van der Waals surface area contributed by atoms with Crippen molar-refractivity contribution >= 4 is 23.3 Å². The largest absolute Gasteiger partial charge is 0.396 e. The molecule has 1 aromatic rings. The Morgan fingerprint density at radius 1 is 1.47 bits per heavy atom. The predicted octanol–water partition coefficient (Wildman–Crippen LogP) is 0.398. The molecule has 0 saturated heterocycles. The number of Topliss-reactive ketones (excluding diaryl/α,β-unsaturated/α-hetero) is 1. The lowest BCUT2D eigenvalue weighted by molar-refractivity contribution is 0.0989. The van der Waals surface area contributed by atoms with Crippen molar-refractivity contribution < 1.29 is 14.7 Å². The van der Waals surface area contributed by atoms with E-state index in [0.717, 1.165) is 0 Å². The molecule has 78 valence electrons. The number of carbonyl (C=O) groups excluding carboxylic acids is 2. The van der Waals surface area contributed by atoms with Crippen LogP contribution in [0.3, 0.4) is 0 Å². The number of aliphatic hydroxyl groups is 1. The third kappa shape index (κ3) is 1.73. The molecule has 1 heterocycles. The topological polar surface area (TPSA) is 83.0 Å². The first-order valence-corrected chi connectivity index (χ1v) is 5.30. The average molecular weight is 224 g/mol. The molecule has 0 radical (unpaired) electrons. The molecule has 0 saturated carbocycles. The summed E-state index contributed by atoms with van der Waals surface area (Å²) in [5.41, 5.74) is 0.552. The van der Waals surface area contributed by atoms with Crippen molar-refractivity contribution in [1.82, 2.24) is 10.2 Å². The number of allylic oxidation sites excluding steroid dienone is 2. The Kier molecular flexibility index (Phi) is 2.70. The highest BCUT2D eigenvalue weighted by Crippen LogP contribution is 2.26. The minimum Gasteiger partial charge on any atom is -0.396 e. The Morgan fingerprint density at radius 3 is 3.00 bits per heavy atom. The van der Waals surface area contributed by atoms with E-state index >= 15 is 0 Å². The molecule has 1 aliphatic carbocycles. The molecule has 0 unspecified atom stereocenters. The van der Waals surface area contributed by atoms with Crippen LogP contribution in [0, 0.1) is 0 Å². The number of fused-ring (bicyclic) bond motifs is 1. The van der Waals surface area contributed by atoms with Crippen LogP contribution in [0.15, 0.2) is 17.2 Å². The summed E-state index contributed by atoms with van der Waals surface area (Å²) in [6.45, 7) is -0.0261. The van der Waals surface area contributed by atoms with Gasteiger partial charge in [-0.2, -0.15) is 5.10 Å². The molecular weight excluding hydrogens is 216 g/mol. The summed E-state index contributed by atoms with van der Waals surface area (Å²) >= 11 is 1.18. The molecule has 6 heteroatoms. The highest BCUT2D eigenvalue weighted by molar-refractivity contribution is 8.04. The Labute approximate surface area is 89.6 Å². The van der Waals surface area contributed by atoms with Gasteiger partial charge in [-0.05, 0) is 0 Å². The van der Waals surface area contributed by atoms with Crippen LogP contribution >= 0.6 is 11.8 Å². The number of carbonyl (C=O) groups is 2. The molecule has 2 rings (SSSR count). The van der Waals surface area contributed by atoms with Crippen LogP contribution < -0.4 is 0 Å². The summed E-state index contributed by atoms with van der Waals surface area (Å²) in [5.74, 6) is -0.0581. The zero-order chi connectivity index (χ0) is 10.8. The molecule has 1 aliphatic rings. The SMILES string of the molecule is O=C1C(SCCO)=CC(=O)c2[nH]ncc21. The first-order valence-electron chi connectivity index (χ1n) is 4.32. The number of nitrogens with one attached hydrogen (secondary N) is 1. The third-order valence-electron chi connectivity index (χ3n) is 1.97. The van der Waals surface area contributed by atoms with Crippen LogP contribution in [-0.4, -0.2) is 39.2 Å². The maximum absolute atomic E-state index is 11.7. The van der Waals surface area contributed by atoms with Crippen LogP contribution in [0.5, 0.6) is 0 Å². The van der Waals surface area contributed by atoms with E-state index in [1.807, 2.05) is 0 Å². The van der Waals surface area contributed by atoms with Crippen molar-refractivity contribution in [3.8, 4) is 0 Å². The van der Waals surface area contributed by atoms with Crippen LogP contribution in [-0.2, 0) is 0 Å². The third-order valence-corrected chi connectivity index (χ3v) is 2.97. The second-order valence-electron chi connectivity index (χ2n) is 2.93. The second kappa shape index (κ2) is 4.00. The van der Waals surface area contributed by atoms with E-state index in [0.29, 0.717) is 16.2 Å². The fourth-order valence-corrected chi connectivity index (χ4v) is 2.04. The molecule has 0 fully saturated rings. The number of aromatic nitrogens is 2. The highest BCUT2D eigenvalue weighted by Gasteiger charge is 2.27. The lowest BCUT2D eigenvalue weighted by Gasteiger charge is -2.09. The van der Waals surface area contributed by atoms with Gasteiger partial charge in [0.15, 0.2) is 0 Å². The number of hydrogen-bond acceptors (Lipinski definition) is 5. The number of H-pyrrole nitrogens is 1. The van der Waals surface area contributed by atoms with Gasteiger partial charge in [-0.15, -0.1) is 11.8 Å². The van der Waals surface area contributed by atoms with Gasteiger partial charge >= 0.3 is 0 Å². The van der Waals surface area contributed by atoms with Crippen LogP contribution in [0.1, 0.15) is 20.8 Å². The zero-order valence-corrected chi connectivity index (χ0v) is 8.50. The van der Waals surface area contributed by atoms with E-state index in [9.17, 15) is 9.59 Å². The van der Waals surface area contributed by atoms with Crippen LogP contribution in [0.2, 0.25) is 0 Å². The fourth-order valence-electron chi connectivity index (χ4n) is 1.30. The van der Waals surface area contributed by atoms with Gasteiger partial charge in [0.1, 0.15) is 5.69 Å². The summed E-state index contributed by atoms with van der Waals surface area (Å²) in [6, 6.07) is 0. The number of hydrogen-bond donors (Lipinski definition) is 2. The quantitative estimate of drug-likeness (QED) is 0.776. The Bertz CT molecular complexity index is 450. The highest BCUT2D eigenvalue weighted by atomic mass is 32.2. The summed E-state index contributed by atoms with van der Waals surface area (Å²) < 4.78 is 0. The molecule has 0 spiro atoms. The molecule has 0 aromatic carbocycles. The minimum absolute atomic E-state index is 0.0261. The molecule has 15 heavy (non-hydrogen) atoms. The van der Waals surface area contributed by atoms with E-state index in [1.165, 1.54) is 24.0 Å². The Hall–Kier alpha value is -1.40. The Morgan fingerprint density at radius 2 is 2.27 bits per heavy atom. The van der Waals surface area contributed by atoms with E-state index < -0.39 is 0 Å². The van der Waals surface area contributed by atoms with Crippen molar-refractivity contribution in [2.45, 2.75) is 0 Å². The minimum atomic E-state index is -0.248. The monoisotopic (exact) mass is 224 g/mol. The van der Waals surface area contributed by atoms with Gasteiger partial charge in [0.25, 0.3) is 0 Å². The summed E-state index contributed by atoms with van der Waals surface area (Å²) in [5, 5.41) is 14.8. The number of aliphatic hydroxyl groups excluding tert-OH is 1. The molecule has 0 amide bonds. The molecule has 2 N–H and O–H groups in total. The number of aromatic amines is 1. The maximum Gasteiger partial charge on any atom is 0.205 e. The smallest absolute Gasteiger partial charge is 0.205 e. The van der Waals surface area contributed by atoms with Gasteiger partial charge in [0.2, 0.25) is 11.6 Å². The van der Waals surface area contributed by atoms with E-state index in [4.69, 9.17) is 5.11 Å². The standard InChI is InChI=1S/C9H8N2O3S/c12-1-2-15-7-3-6(13)8-5(9(7)14)4-10-11-8/h3-4,12H,1-2H2,(H,10,11). The molecule has 0 atom stereocenters. The predicted molar refractivity (Wildman–Crippen MR) is 54.9 cm³/mol. The van der Waals surface area contributed by atoms with Crippen LogP contribution in [0.25, 0.3) is 0 Å². The average Bonchev–Trinajstić information content (AvgIpc) is 2.70.